The highest BCUT2D eigenvalue weighted by Crippen LogP contribution is 2.31. The molecule has 2 amide bonds. The lowest BCUT2D eigenvalue weighted by atomic mass is 10.2. The number of nitrogens with zero attached hydrogens (tertiary/aromatic N) is 2. The van der Waals surface area contributed by atoms with Crippen LogP contribution in [0.5, 0.6) is 0 Å². The summed E-state index contributed by atoms with van der Waals surface area (Å²) in [4.78, 5) is 28.4. The van der Waals surface area contributed by atoms with Gasteiger partial charge in [0.2, 0.25) is 5.91 Å². The van der Waals surface area contributed by atoms with Gasteiger partial charge in [0.1, 0.15) is 10.9 Å². The molecule has 1 atom stereocenters. The van der Waals surface area contributed by atoms with E-state index in [-0.39, 0.29) is 10.5 Å². The number of carbonyl (C=O) groups is 2. The van der Waals surface area contributed by atoms with E-state index in [0.717, 1.165) is 0 Å². The van der Waals surface area contributed by atoms with Crippen molar-refractivity contribution in [2.45, 2.75) is 17.9 Å². The highest BCUT2D eigenvalue weighted by atomic mass is 32.2. The summed E-state index contributed by atoms with van der Waals surface area (Å²) in [5, 5.41) is 2.54. The first-order valence-corrected chi connectivity index (χ1v) is 8.25. The van der Waals surface area contributed by atoms with Crippen molar-refractivity contribution in [2.24, 2.45) is 0 Å². The van der Waals surface area contributed by atoms with Gasteiger partial charge in [-0.2, -0.15) is 0 Å². The van der Waals surface area contributed by atoms with E-state index in [9.17, 15) is 18.0 Å². The summed E-state index contributed by atoms with van der Waals surface area (Å²) in [6.07, 6.45) is 2.98. The Morgan fingerprint density at radius 1 is 1.22 bits per heavy atom. The van der Waals surface area contributed by atoms with Gasteiger partial charge in [-0.1, -0.05) is 12.1 Å². The fourth-order valence-electron chi connectivity index (χ4n) is 2.38. The van der Waals surface area contributed by atoms with Gasteiger partial charge in [0, 0.05) is 6.20 Å². The first-order valence-electron chi connectivity index (χ1n) is 6.81. The van der Waals surface area contributed by atoms with Crippen LogP contribution in [0.1, 0.15) is 17.3 Å². The van der Waals surface area contributed by atoms with Gasteiger partial charge in [-0.3, -0.25) is 14.6 Å². The molecule has 1 unspecified atom stereocenters. The van der Waals surface area contributed by atoms with Gasteiger partial charge in [-0.05, 0) is 31.2 Å². The van der Waals surface area contributed by atoms with Crippen molar-refractivity contribution in [3.8, 4) is 0 Å². The molecule has 2 aromatic rings. The van der Waals surface area contributed by atoms with Crippen LogP contribution in [-0.2, 0) is 14.8 Å². The van der Waals surface area contributed by atoms with Gasteiger partial charge in [0.15, 0.2) is 0 Å². The van der Waals surface area contributed by atoms with Crippen LogP contribution in [0.3, 0.4) is 0 Å². The molecule has 23 heavy (non-hydrogen) atoms. The minimum Gasteiger partial charge on any atom is -0.323 e. The number of fused-ring (bicyclic) bond motifs is 1. The van der Waals surface area contributed by atoms with Gasteiger partial charge in [-0.25, -0.2) is 12.7 Å². The summed E-state index contributed by atoms with van der Waals surface area (Å²) in [5.74, 6) is -1.31. The average Bonchev–Trinajstić information content (AvgIpc) is 2.75. The second kappa shape index (κ2) is 5.47. The van der Waals surface area contributed by atoms with Crippen LogP contribution in [0, 0.1) is 0 Å². The first-order chi connectivity index (χ1) is 10.9. The molecule has 3 rings (SSSR count). The number of aromatic nitrogens is 1. The number of benzene rings is 1. The minimum absolute atomic E-state index is 0.0773. The molecule has 1 aromatic heterocycles. The Kier molecular flexibility index (Phi) is 3.61. The van der Waals surface area contributed by atoms with Crippen LogP contribution < -0.4 is 5.32 Å². The lowest BCUT2D eigenvalue weighted by Gasteiger charge is -2.22. The standard InChI is InChI=1S/C15H13N3O4S/c1-10(14(19)17-11-5-4-8-16-9-11)18-15(20)12-6-2-3-7-13(12)23(18,21)22/h2-10H,1H3,(H,17,19). The Balaban J connectivity index is 1.90. The van der Waals surface area contributed by atoms with Gasteiger partial charge in [-0.15, -0.1) is 0 Å². The maximum atomic E-state index is 12.5. The summed E-state index contributed by atoms with van der Waals surface area (Å²) in [6, 6.07) is 7.97. The van der Waals surface area contributed by atoms with Crippen LogP contribution in [0.4, 0.5) is 5.69 Å². The Morgan fingerprint density at radius 2 is 1.96 bits per heavy atom. The number of pyridine rings is 1. The fourth-order valence-corrected chi connectivity index (χ4v) is 4.10. The van der Waals surface area contributed by atoms with Gasteiger partial charge in [0.05, 0.1) is 17.4 Å². The SMILES string of the molecule is CC(C(=O)Nc1cccnc1)N1C(=O)c2ccccc2S1(=O)=O. The van der Waals surface area contributed by atoms with Crippen LogP contribution in [0.15, 0.2) is 53.7 Å². The summed E-state index contributed by atoms with van der Waals surface area (Å²) in [7, 11) is -4.02. The molecule has 118 valence electrons. The van der Waals surface area contributed by atoms with Crippen LogP contribution >= 0.6 is 0 Å². The maximum Gasteiger partial charge on any atom is 0.269 e. The van der Waals surface area contributed by atoms with E-state index in [0.29, 0.717) is 9.99 Å². The van der Waals surface area contributed by atoms with Crippen LogP contribution in [-0.4, -0.2) is 35.6 Å². The molecule has 0 saturated carbocycles. The second-order valence-electron chi connectivity index (χ2n) is 5.01. The van der Waals surface area contributed by atoms with Gasteiger partial charge in [0.25, 0.3) is 15.9 Å². The molecule has 1 aliphatic heterocycles. The van der Waals surface area contributed by atoms with Crippen LogP contribution in [0.25, 0.3) is 0 Å². The van der Waals surface area contributed by atoms with Crippen molar-refractivity contribution in [3.05, 3.63) is 54.4 Å². The van der Waals surface area contributed by atoms with Crippen molar-refractivity contribution in [2.75, 3.05) is 5.32 Å². The molecule has 7 nitrogen and oxygen atoms in total. The predicted octanol–water partition coefficient (Wildman–Crippen LogP) is 1.25. The van der Waals surface area contributed by atoms with Crippen LogP contribution in [0.2, 0.25) is 0 Å². The number of rotatable bonds is 3. The molecule has 2 heterocycles. The third-order valence-electron chi connectivity index (χ3n) is 3.51. The van der Waals surface area contributed by atoms with E-state index in [4.69, 9.17) is 0 Å². The number of hydrogen-bond donors (Lipinski definition) is 1. The first kappa shape index (κ1) is 15.2. The molecule has 1 N–H and O–H groups in total. The fraction of sp³-hybridized carbons (Fsp3) is 0.133. The number of amides is 2. The van der Waals surface area contributed by atoms with Gasteiger partial charge >= 0.3 is 0 Å². The second-order valence-corrected chi connectivity index (χ2v) is 6.79. The molecule has 8 heteroatoms. The minimum atomic E-state index is -4.02. The maximum absolute atomic E-state index is 12.5. The topological polar surface area (TPSA) is 96.4 Å². The molecule has 0 saturated heterocycles. The van der Waals surface area contributed by atoms with E-state index in [2.05, 4.69) is 10.3 Å². The third-order valence-corrected chi connectivity index (χ3v) is 5.43. The highest BCUT2D eigenvalue weighted by Gasteiger charge is 2.45. The van der Waals surface area contributed by atoms with E-state index >= 15 is 0 Å². The van der Waals surface area contributed by atoms with Gasteiger partial charge < -0.3 is 5.32 Å². The molecule has 0 radical (unpaired) electrons. The van der Waals surface area contributed by atoms with Crippen molar-refractivity contribution in [1.29, 1.82) is 0 Å². The normalized spacial score (nSPS) is 16.7. The quantitative estimate of drug-likeness (QED) is 0.913. The Hall–Kier alpha value is -2.74. The molecule has 0 spiro atoms. The average molecular weight is 331 g/mol. The van der Waals surface area contributed by atoms with Crippen molar-refractivity contribution in [1.82, 2.24) is 9.29 Å². The number of hydrogen-bond acceptors (Lipinski definition) is 5. The van der Waals surface area contributed by atoms with E-state index < -0.39 is 27.9 Å². The largest absolute Gasteiger partial charge is 0.323 e. The Morgan fingerprint density at radius 3 is 2.61 bits per heavy atom. The number of anilines is 1. The summed E-state index contributed by atoms with van der Waals surface area (Å²) in [6.45, 7) is 1.37. The summed E-state index contributed by atoms with van der Waals surface area (Å²) < 4.78 is 25.6. The van der Waals surface area contributed by atoms with E-state index in [1.165, 1.54) is 31.3 Å². The van der Waals surface area contributed by atoms with Crippen molar-refractivity contribution in [3.63, 3.8) is 0 Å². The highest BCUT2D eigenvalue weighted by molar-refractivity contribution is 7.90. The summed E-state index contributed by atoms with van der Waals surface area (Å²) in [5.41, 5.74) is 0.499. The predicted molar refractivity (Wildman–Crippen MR) is 82.1 cm³/mol. The number of carbonyl (C=O) groups excluding carboxylic acids is 2. The third kappa shape index (κ3) is 2.46. The molecule has 0 bridgehead atoms. The Bertz CT molecular complexity index is 881. The van der Waals surface area contributed by atoms with E-state index in [1.54, 1.807) is 24.4 Å². The monoisotopic (exact) mass is 331 g/mol. The zero-order valence-electron chi connectivity index (χ0n) is 12.1. The Labute approximate surface area is 133 Å². The molecule has 1 aromatic carbocycles. The number of sulfonamides is 1. The smallest absolute Gasteiger partial charge is 0.269 e. The van der Waals surface area contributed by atoms with Crippen molar-refractivity contribution >= 4 is 27.5 Å². The zero-order valence-corrected chi connectivity index (χ0v) is 12.9. The molecule has 0 aliphatic carbocycles. The zero-order chi connectivity index (χ0) is 16.6. The number of nitrogens with one attached hydrogen (secondary N) is 1. The molecule has 1 aliphatic rings. The van der Waals surface area contributed by atoms with Crippen molar-refractivity contribution < 1.29 is 18.0 Å². The molecular weight excluding hydrogens is 318 g/mol. The van der Waals surface area contributed by atoms with E-state index in [1.807, 2.05) is 0 Å². The molecular formula is C15H13N3O4S. The molecule has 0 fully saturated rings. The summed E-state index contributed by atoms with van der Waals surface area (Å²) >= 11 is 0. The lowest BCUT2D eigenvalue weighted by Crippen LogP contribution is -2.45. The lowest BCUT2D eigenvalue weighted by molar-refractivity contribution is -0.118.